The highest BCUT2D eigenvalue weighted by atomic mass is 32.2. The predicted octanol–water partition coefficient (Wildman–Crippen LogP) is 1.24. The fourth-order valence-corrected chi connectivity index (χ4v) is 4.33. The van der Waals surface area contributed by atoms with Crippen LogP contribution in [-0.4, -0.2) is 56.3 Å². The van der Waals surface area contributed by atoms with Gasteiger partial charge in [0.05, 0.1) is 23.7 Å². The summed E-state index contributed by atoms with van der Waals surface area (Å²) in [5, 5.41) is 0. The molecule has 0 N–H and O–H groups in total. The maximum absolute atomic E-state index is 13.2. The monoisotopic (exact) mass is 409 g/mol. The molecule has 0 atom stereocenters. The van der Waals surface area contributed by atoms with Crippen LogP contribution in [-0.2, 0) is 27.5 Å². The van der Waals surface area contributed by atoms with Crippen molar-refractivity contribution < 1.29 is 17.5 Å². The average molecular weight is 409 g/mol. The second-order valence-corrected chi connectivity index (χ2v) is 9.15. The van der Waals surface area contributed by atoms with Gasteiger partial charge in [0.2, 0.25) is 0 Å². The minimum Gasteiger partial charge on any atom is -0.385 e. The first-order chi connectivity index (χ1) is 13.4. The third-order valence-corrected chi connectivity index (χ3v) is 6.31. The van der Waals surface area contributed by atoms with E-state index in [2.05, 4.69) is 4.98 Å². The molecule has 152 valence electrons. The summed E-state index contributed by atoms with van der Waals surface area (Å²) in [6.07, 6.45) is 3.11. The van der Waals surface area contributed by atoms with Gasteiger partial charge in [-0.15, -0.1) is 0 Å². The maximum Gasteiger partial charge on any atom is 0.293 e. The number of sulfone groups is 1. The van der Waals surface area contributed by atoms with Crippen LogP contribution in [0.3, 0.4) is 0 Å². The van der Waals surface area contributed by atoms with Gasteiger partial charge in [-0.1, -0.05) is 12.1 Å². The van der Waals surface area contributed by atoms with Crippen molar-refractivity contribution in [1.29, 1.82) is 0 Å². The summed E-state index contributed by atoms with van der Waals surface area (Å²) < 4.78 is 43.2. The standard InChI is InChI=1S/C19H24FN3O4S/c1-27-10-2-3-17-14-23(13-15-4-6-16(20)7-5-15)19(24)18(21-17)22-8-11-28(25,26)12-9-22/h4-7,14H,2-3,8-13H2,1H3. The summed E-state index contributed by atoms with van der Waals surface area (Å²) in [5.74, 6) is -0.0341. The quantitative estimate of drug-likeness (QED) is 0.640. The zero-order chi connectivity index (χ0) is 20.1. The molecule has 0 amide bonds. The molecule has 28 heavy (non-hydrogen) atoms. The molecule has 0 aliphatic carbocycles. The van der Waals surface area contributed by atoms with E-state index in [-0.39, 0.29) is 48.3 Å². The van der Waals surface area contributed by atoms with E-state index in [1.807, 2.05) is 0 Å². The Kier molecular flexibility index (Phi) is 6.46. The van der Waals surface area contributed by atoms with Crippen molar-refractivity contribution in [2.75, 3.05) is 43.2 Å². The second-order valence-electron chi connectivity index (χ2n) is 6.85. The Labute approximate surface area is 163 Å². The van der Waals surface area contributed by atoms with Crippen LogP contribution in [0, 0.1) is 5.82 Å². The summed E-state index contributed by atoms with van der Waals surface area (Å²) in [4.78, 5) is 19.2. The molecule has 7 nitrogen and oxygen atoms in total. The smallest absolute Gasteiger partial charge is 0.293 e. The Balaban J connectivity index is 1.92. The van der Waals surface area contributed by atoms with Crippen molar-refractivity contribution in [3.8, 4) is 0 Å². The minimum atomic E-state index is -3.06. The Bertz CT molecular complexity index is 960. The molecule has 1 aromatic heterocycles. The van der Waals surface area contributed by atoms with Gasteiger partial charge in [0, 0.05) is 33.0 Å². The molecule has 0 radical (unpaired) electrons. The van der Waals surface area contributed by atoms with Gasteiger partial charge in [0.15, 0.2) is 15.7 Å². The summed E-state index contributed by atoms with van der Waals surface area (Å²) in [6, 6.07) is 5.99. The third-order valence-electron chi connectivity index (χ3n) is 4.70. The van der Waals surface area contributed by atoms with E-state index in [9.17, 15) is 17.6 Å². The fourth-order valence-electron chi connectivity index (χ4n) is 3.13. The lowest BCUT2D eigenvalue weighted by molar-refractivity contribution is 0.195. The summed E-state index contributed by atoms with van der Waals surface area (Å²) >= 11 is 0. The number of hydrogen-bond acceptors (Lipinski definition) is 6. The van der Waals surface area contributed by atoms with Crippen molar-refractivity contribution >= 4 is 15.7 Å². The zero-order valence-electron chi connectivity index (χ0n) is 15.8. The van der Waals surface area contributed by atoms with E-state index >= 15 is 0 Å². The molecule has 0 saturated carbocycles. The molecule has 1 saturated heterocycles. The molecule has 3 rings (SSSR count). The van der Waals surface area contributed by atoms with Crippen molar-refractivity contribution in [1.82, 2.24) is 9.55 Å². The molecule has 2 heterocycles. The molecule has 0 spiro atoms. The normalized spacial score (nSPS) is 16.3. The summed E-state index contributed by atoms with van der Waals surface area (Å²) in [7, 11) is -1.43. The highest BCUT2D eigenvalue weighted by Crippen LogP contribution is 2.14. The Morgan fingerprint density at radius 1 is 1.18 bits per heavy atom. The first kappa shape index (κ1) is 20.5. The van der Waals surface area contributed by atoms with Crippen molar-refractivity contribution in [2.24, 2.45) is 0 Å². The molecule has 9 heteroatoms. The highest BCUT2D eigenvalue weighted by molar-refractivity contribution is 7.91. The largest absolute Gasteiger partial charge is 0.385 e. The van der Waals surface area contributed by atoms with Crippen LogP contribution < -0.4 is 10.5 Å². The zero-order valence-corrected chi connectivity index (χ0v) is 16.6. The van der Waals surface area contributed by atoms with Crippen molar-refractivity contribution in [2.45, 2.75) is 19.4 Å². The number of hydrogen-bond donors (Lipinski definition) is 0. The van der Waals surface area contributed by atoms with E-state index in [1.54, 1.807) is 34.9 Å². The number of benzene rings is 1. The maximum atomic E-state index is 13.2. The Morgan fingerprint density at radius 2 is 1.86 bits per heavy atom. The van der Waals surface area contributed by atoms with Gasteiger partial charge in [0.25, 0.3) is 5.56 Å². The highest BCUT2D eigenvalue weighted by Gasteiger charge is 2.25. The lowest BCUT2D eigenvalue weighted by atomic mass is 10.2. The minimum absolute atomic E-state index is 0.0139. The number of ether oxygens (including phenoxy) is 1. The SMILES string of the molecule is COCCCc1cn(Cc2ccc(F)cc2)c(=O)c(N2CCS(=O)(=O)CC2)n1. The van der Waals surface area contributed by atoms with Crippen molar-refractivity contribution in [3.63, 3.8) is 0 Å². The predicted molar refractivity (Wildman–Crippen MR) is 105 cm³/mol. The third kappa shape index (κ3) is 5.17. The van der Waals surface area contributed by atoms with Gasteiger partial charge >= 0.3 is 0 Å². The van der Waals surface area contributed by atoms with Crippen molar-refractivity contribution in [3.05, 3.63) is 57.9 Å². The molecule has 0 bridgehead atoms. The van der Waals surface area contributed by atoms with E-state index in [1.165, 1.54) is 12.1 Å². The molecule has 1 aliphatic rings. The number of aryl methyl sites for hydroxylation is 1. The summed E-state index contributed by atoms with van der Waals surface area (Å²) in [5.41, 5.74) is 1.26. The first-order valence-corrected chi connectivity index (χ1v) is 11.0. The van der Waals surface area contributed by atoms with Crippen LogP contribution >= 0.6 is 0 Å². The van der Waals surface area contributed by atoms with Gasteiger partial charge in [-0.3, -0.25) is 4.79 Å². The van der Waals surface area contributed by atoms with Crippen LogP contribution in [0.5, 0.6) is 0 Å². The van der Waals surface area contributed by atoms with Gasteiger partial charge in [0.1, 0.15) is 5.82 Å². The molecule has 1 aliphatic heterocycles. The topological polar surface area (TPSA) is 81.5 Å². The van der Waals surface area contributed by atoms with Crippen LogP contribution in [0.1, 0.15) is 17.7 Å². The Morgan fingerprint density at radius 3 is 2.50 bits per heavy atom. The van der Waals surface area contributed by atoms with E-state index in [4.69, 9.17) is 4.74 Å². The molecule has 1 fully saturated rings. The van der Waals surface area contributed by atoms with Gasteiger partial charge in [-0.25, -0.2) is 17.8 Å². The number of halogens is 1. The Hall–Kier alpha value is -2.26. The summed E-state index contributed by atoms with van der Waals surface area (Å²) in [6.45, 7) is 1.37. The van der Waals surface area contributed by atoms with Gasteiger partial charge in [-0.05, 0) is 30.5 Å². The molecule has 0 unspecified atom stereocenters. The van der Waals surface area contributed by atoms with E-state index in [0.29, 0.717) is 13.0 Å². The van der Waals surface area contributed by atoms with Gasteiger partial charge in [-0.2, -0.15) is 0 Å². The molecule has 2 aromatic rings. The first-order valence-electron chi connectivity index (χ1n) is 9.17. The van der Waals surface area contributed by atoms with E-state index < -0.39 is 9.84 Å². The number of aromatic nitrogens is 2. The number of methoxy groups -OCH3 is 1. The number of anilines is 1. The van der Waals surface area contributed by atoms with Crippen LogP contribution in [0.15, 0.2) is 35.3 Å². The lowest BCUT2D eigenvalue weighted by Gasteiger charge is -2.28. The second kappa shape index (κ2) is 8.83. The molecular weight excluding hydrogens is 385 g/mol. The molecule has 1 aromatic carbocycles. The van der Waals surface area contributed by atoms with Crippen LogP contribution in [0.25, 0.3) is 0 Å². The van der Waals surface area contributed by atoms with Crippen LogP contribution in [0.2, 0.25) is 0 Å². The lowest BCUT2D eigenvalue weighted by Crippen LogP contribution is -2.44. The number of rotatable bonds is 7. The average Bonchev–Trinajstić information content (AvgIpc) is 2.66. The fraction of sp³-hybridized carbons (Fsp3) is 0.474. The molecular formula is C19H24FN3O4S. The van der Waals surface area contributed by atoms with Crippen LogP contribution in [0.4, 0.5) is 10.2 Å². The van der Waals surface area contributed by atoms with Gasteiger partial charge < -0.3 is 14.2 Å². The van der Waals surface area contributed by atoms with E-state index in [0.717, 1.165) is 17.7 Å². The number of nitrogens with zero attached hydrogens (tertiary/aromatic N) is 3.